The maximum absolute atomic E-state index is 12.6. The van der Waals surface area contributed by atoms with E-state index >= 15 is 0 Å². The number of hydrogen-bond acceptors (Lipinski definition) is 4. The standard InChI is InChI=1S/C20H33NO3Si/c1-13-15(24-25(8,9)18(2,3)4)11-20(7)10-14(12-21)16(22)19(5,6)17(20)23-13/h10,13,15,17H,11H2,1-9H3/t13-,15?,17+,20-/m1/s1. The molecule has 4 atom stereocenters. The van der Waals surface area contributed by atoms with Crippen LogP contribution in [-0.4, -0.2) is 32.4 Å². The Morgan fingerprint density at radius 2 is 1.88 bits per heavy atom. The Kier molecular flexibility index (Phi) is 4.92. The van der Waals surface area contributed by atoms with E-state index in [9.17, 15) is 10.1 Å². The van der Waals surface area contributed by atoms with E-state index in [2.05, 4.69) is 46.9 Å². The molecule has 1 heterocycles. The molecule has 1 unspecified atom stereocenters. The summed E-state index contributed by atoms with van der Waals surface area (Å²) in [5.74, 6) is -0.117. The number of carbonyl (C=O) groups excluding carboxylic acids is 1. The number of nitrogens with zero attached hydrogens (tertiary/aromatic N) is 1. The van der Waals surface area contributed by atoms with Gasteiger partial charge in [0.1, 0.15) is 6.07 Å². The predicted molar refractivity (Wildman–Crippen MR) is 102 cm³/mol. The summed E-state index contributed by atoms with van der Waals surface area (Å²) < 4.78 is 13.0. The molecule has 2 aliphatic rings. The molecule has 0 saturated carbocycles. The zero-order valence-corrected chi connectivity index (χ0v) is 18.2. The van der Waals surface area contributed by atoms with E-state index in [4.69, 9.17) is 9.16 Å². The maximum atomic E-state index is 12.6. The second kappa shape index (κ2) is 6.04. The van der Waals surface area contributed by atoms with Crippen molar-refractivity contribution in [3.63, 3.8) is 0 Å². The highest BCUT2D eigenvalue weighted by Crippen LogP contribution is 2.52. The third kappa shape index (κ3) is 3.37. The van der Waals surface area contributed by atoms with Crippen molar-refractivity contribution in [2.24, 2.45) is 10.8 Å². The lowest BCUT2D eigenvalue weighted by molar-refractivity contribution is -0.194. The van der Waals surface area contributed by atoms with Crippen LogP contribution in [-0.2, 0) is 14.0 Å². The summed E-state index contributed by atoms with van der Waals surface area (Å²) in [7, 11) is -1.93. The first-order valence-electron chi connectivity index (χ1n) is 9.17. The van der Waals surface area contributed by atoms with Crippen molar-refractivity contribution >= 4 is 14.1 Å². The Hall–Kier alpha value is -0.963. The lowest BCUT2D eigenvalue weighted by Crippen LogP contribution is -2.61. The van der Waals surface area contributed by atoms with Crippen molar-refractivity contribution in [1.29, 1.82) is 5.26 Å². The van der Waals surface area contributed by atoms with E-state index in [-0.39, 0.29) is 40.1 Å². The molecule has 0 bridgehead atoms. The van der Waals surface area contributed by atoms with Gasteiger partial charge in [0.25, 0.3) is 0 Å². The molecule has 0 aromatic rings. The van der Waals surface area contributed by atoms with Gasteiger partial charge in [-0.25, -0.2) is 0 Å². The smallest absolute Gasteiger partial charge is 0.192 e. The minimum absolute atomic E-state index is 0.0256. The zero-order chi connectivity index (χ0) is 19.4. The number of ketones is 1. The zero-order valence-electron chi connectivity index (χ0n) is 17.2. The van der Waals surface area contributed by atoms with Crippen LogP contribution in [0.4, 0.5) is 0 Å². The lowest BCUT2D eigenvalue weighted by atomic mass is 9.59. The molecule has 1 saturated heterocycles. The van der Waals surface area contributed by atoms with Crippen molar-refractivity contribution in [1.82, 2.24) is 0 Å². The first kappa shape index (κ1) is 20.4. The Bertz CT molecular complexity index is 638. The van der Waals surface area contributed by atoms with Crippen molar-refractivity contribution in [3.05, 3.63) is 11.6 Å². The molecule has 0 aromatic carbocycles. The van der Waals surface area contributed by atoms with Crippen LogP contribution >= 0.6 is 0 Å². The molecule has 5 heteroatoms. The topological polar surface area (TPSA) is 59.3 Å². The average molecular weight is 364 g/mol. The fourth-order valence-corrected chi connectivity index (χ4v) is 5.32. The van der Waals surface area contributed by atoms with Gasteiger partial charge < -0.3 is 9.16 Å². The molecule has 2 rings (SSSR count). The van der Waals surface area contributed by atoms with Gasteiger partial charge in [0.05, 0.1) is 29.3 Å². The van der Waals surface area contributed by atoms with Crippen LogP contribution in [0.3, 0.4) is 0 Å². The summed E-state index contributed by atoms with van der Waals surface area (Å²) in [6, 6.07) is 2.09. The van der Waals surface area contributed by atoms with E-state index < -0.39 is 13.7 Å². The highest BCUT2D eigenvalue weighted by molar-refractivity contribution is 6.74. The number of carbonyl (C=O) groups is 1. The summed E-state index contributed by atoms with van der Waals surface area (Å²) in [5, 5.41) is 9.53. The van der Waals surface area contributed by atoms with Gasteiger partial charge in [-0.2, -0.15) is 5.26 Å². The van der Waals surface area contributed by atoms with Gasteiger partial charge in [0.15, 0.2) is 14.1 Å². The van der Waals surface area contributed by atoms with Crippen LogP contribution in [0.5, 0.6) is 0 Å². The van der Waals surface area contributed by atoms with Gasteiger partial charge in [-0.05, 0) is 45.3 Å². The van der Waals surface area contributed by atoms with Crippen LogP contribution in [0.2, 0.25) is 18.1 Å². The normalized spacial score (nSPS) is 35.6. The number of fused-ring (bicyclic) bond motifs is 1. The van der Waals surface area contributed by atoms with Crippen LogP contribution in [0.25, 0.3) is 0 Å². The minimum Gasteiger partial charge on any atom is -0.411 e. The second-order valence-electron chi connectivity index (χ2n) is 10.1. The fourth-order valence-electron chi connectivity index (χ4n) is 3.93. The summed E-state index contributed by atoms with van der Waals surface area (Å²) in [4.78, 5) is 12.6. The SMILES string of the molecule is C[C@H]1O[C@H]2C(C)(C)C(=O)C(C#N)=C[C@]2(C)CC1O[Si](C)(C)C(C)(C)C. The molecule has 25 heavy (non-hydrogen) atoms. The number of Topliss-reactive ketones (excluding diaryl/α,β-unsaturated/α-hetero) is 1. The Morgan fingerprint density at radius 1 is 1.32 bits per heavy atom. The van der Waals surface area contributed by atoms with Gasteiger partial charge >= 0.3 is 0 Å². The highest BCUT2D eigenvalue weighted by Gasteiger charge is 2.57. The van der Waals surface area contributed by atoms with Crippen LogP contribution in [0.1, 0.15) is 54.9 Å². The van der Waals surface area contributed by atoms with E-state index in [1.807, 2.05) is 26.8 Å². The first-order chi connectivity index (χ1) is 11.2. The highest BCUT2D eigenvalue weighted by atomic mass is 28.4. The number of nitriles is 1. The predicted octanol–water partition coefficient (Wildman–Crippen LogP) is 4.62. The maximum Gasteiger partial charge on any atom is 0.192 e. The molecule has 1 fully saturated rings. The van der Waals surface area contributed by atoms with Gasteiger partial charge in [-0.1, -0.05) is 33.8 Å². The van der Waals surface area contributed by atoms with Crippen molar-refractivity contribution in [2.45, 2.75) is 91.3 Å². The van der Waals surface area contributed by atoms with Crippen molar-refractivity contribution in [3.8, 4) is 6.07 Å². The average Bonchev–Trinajstić information content (AvgIpc) is 2.45. The molecule has 1 aliphatic heterocycles. The number of rotatable bonds is 2. The van der Waals surface area contributed by atoms with E-state index in [0.29, 0.717) is 0 Å². The van der Waals surface area contributed by atoms with Crippen LogP contribution < -0.4 is 0 Å². The van der Waals surface area contributed by atoms with Gasteiger partial charge in [-0.15, -0.1) is 0 Å². The van der Waals surface area contributed by atoms with Crippen LogP contribution in [0.15, 0.2) is 11.6 Å². The first-order valence-corrected chi connectivity index (χ1v) is 12.1. The van der Waals surface area contributed by atoms with Crippen molar-refractivity contribution in [2.75, 3.05) is 0 Å². The molecular weight excluding hydrogens is 330 g/mol. The van der Waals surface area contributed by atoms with Gasteiger partial charge in [0, 0.05) is 5.41 Å². The van der Waals surface area contributed by atoms with Gasteiger partial charge in [-0.3, -0.25) is 4.79 Å². The van der Waals surface area contributed by atoms with E-state index in [0.717, 1.165) is 6.42 Å². The van der Waals surface area contributed by atoms with Gasteiger partial charge in [0.2, 0.25) is 0 Å². The second-order valence-corrected chi connectivity index (χ2v) is 14.8. The summed E-state index contributed by atoms with van der Waals surface area (Å²) >= 11 is 0. The molecule has 0 spiro atoms. The lowest BCUT2D eigenvalue weighted by Gasteiger charge is -2.54. The monoisotopic (exact) mass is 363 g/mol. The molecular formula is C20H33NO3Si. The summed E-state index contributed by atoms with van der Waals surface area (Å²) in [6.45, 7) is 19.1. The molecule has 0 amide bonds. The van der Waals surface area contributed by atoms with Crippen LogP contribution in [0, 0.1) is 22.2 Å². The van der Waals surface area contributed by atoms with E-state index in [1.165, 1.54) is 0 Å². The molecule has 4 nitrogen and oxygen atoms in total. The summed E-state index contributed by atoms with van der Waals surface area (Å²) in [6.07, 6.45) is 2.27. The third-order valence-electron chi connectivity index (χ3n) is 6.45. The Balaban J connectivity index is 2.38. The quantitative estimate of drug-likeness (QED) is 0.672. The summed E-state index contributed by atoms with van der Waals surface area (Å²) in [5.41, 5.74) is -0.819. The third-order valence-corrected chi connectivity index (χ3v) is 11.0. The number of hydrogen-bond donors (Lipinski definition) is 0. The van der Waals surface area contributed by atoms with Crippen molar-refractivity contribution < 1.29 is 14.0 Å². The molecule has 140 valence electrons. The van der Waals surface area contributed by atoms with E-state index in [1.54, 1.807) is 0 Å². The molecule has 0 N–H and O–H groups in total. The fraction of sp³-hybridized carbons (Fsp3) is 0.800. The minimum atomic E-state index is -1.93. The molecule has 0 aromatic heterocycles. The Morgan fingerprint density at radius 3 is 2.36 bits per heavy atom. The largest absolute Gasteiger partial charge is 0.411 e. The molecule has 1 aliphatic carbocycles. The number of ether oxygens (including phenoxy) is 1. The Labute approximate surface area is 153 Å². The number of allylic oxidation sites excluding steroid dienone is 1. The molecule has 0 radical (unpaired) electrons.